The van der Waals surface area contributed by atoms with E-state index in [4.69, 9.17) is 23.4 Å². The molecule has 5 N–H and O–H groups in total. The highest BCUT2D eigenvalue weighted by Crippen LogP contribution is 2.35. The smallest absolute Gasteiger partial charge is 0.335 e. The lowest BCUT2D eigenvalue weighted by Gasteiger charge is -2.38. The molecule has 0 saturated carbocycles. The molecule has 0 aliphatic carbocycles. The maximum Gasteiger partial charge on any atom is 0.335 e. The maximum atomic E-state index is 12.7. The first-order valence-electron chi connectivity index (χ1n) is 10.3. The molecule has 0 unspecified atom stereocenters. The topological polar surface area (TPSA) is 185 Å². The van der Waals surface area contributed by atoms with Crippen molar-refractivity contribution in [2.45, 2.75) is 30.7 Å². The van der Waals surface area contributed by atoms with Crippen LogP contribution in [0.15, 0.2) is 45.6 Å². The maximum absolute atomic E-state index is 12.7. The summed E-state index contributed by atoms with van der Waals surface area (Å²) in [6.45, 7) is 0. The Balaban J connectivity index is 1.72. The zero-order chi connectivity index (χ0) is 25.4. The van der Waals surface area contributed by atoms with E-state index in [9.17, 15) is 35.1 Å². The van der Waals surface area contributed by atoms with Crippen LogP contribution >= 0.6 is 0 Å². The Hall–Kier alpha value is -3.84. The fourth-order valence-electron chi connectivity index (χ4n) is 3.73. The number of phenols is 1. The average molecular weight is 490 g/mol. The minimum atomic E-state index is -1.89. The highest BCUT2D eigenvalue weighted by Gasteiger charge is 2.48. The number of phenolic OH excluding ortho intramolecular Hbond substituents is 1. The number of carboxylic acid groups (broad SMARTS) is 1. The Kier molecular flexibility index (Phi) is 6.54. The van der Waals surface area contributed by atoms with Gasteiger partial charge in [0, 0.05) is 23.8 Å². The molecule has 0 radical (unpaired) electrons. The number of carboxylic acids is 1. The van der Waals surface area contributed by atoms with Gasteiger partial charge in [0.15, 0.2) is 23.0 Å². The van der Waals surface area contributed by atoms with E-state index in [-0.39, 0.29) is 22.5 Å². The Bertz CT molecular complexity index is 1320. The number of aliphatic hydroxyl groups excluding tert-OH is 3. The van der Waals surface area contributed by atoms with Crippen LogP contribution in [0.5, 0.6) is 23.0 Å². The van der Waals surface area contributed by atoms with Crippen LogP contribution in [0.2, 0.25) is 0 Å². The van der Waals surface area contributed by atoms with E-state index in [0.29, 0.717) is 17.1 Å². The van der Waals surface area contributed by atoms with Crippen LogP contribution in [0.1, 0.15) is 0 Å². The van der Waals surface area contributed by atoms with Gasteiger partial charge in [-0.15, -0.1) is 0 Å². The minimum Gasteiger partial charge on any atom is -0.507 e. The van der Waals surface area contributed by atoms with Crippen LogP contribution in [-0.2, 0) is 9.53 Å². The molecule has 2 heterocycles. The largest absolute Gasteiger partial charge is 0.507 e. The van der Waals surface area contributed by atoms with Gasteiger partial charge in [-0.2, -0.15) is 0 Å². The monoisotopic (exact) mass is 490 g/mol. The van der Waals surface area contributed by atoms with Crippen molar-refractivity contribution >= 4 is 16.9 Å². The predicted molar refractivity (Wildman–Crippen MR) is 118 cm³/mol. The van der Waals surface area contributed by atoms with E-state index in [1.165, 1.54) is 26.4 Å². The molecule has 4 rings (SSSR count). The quantitative estimate of drug-likeness (QED) is 0.322. The number of aliphatic carboxylic acids is 1. The Morgan fingerprint density at radius 2 is 1.66 bits per heavy atom. The normalized spacial score (nSPS) is 24.2. The molecule has 1 aliphatic rings. The fraction of sp³-hybridized carbons (Fsp3) is 0.304. The van der Waals surface area contributed by atoms with Gasteiger partial charge >= 0.3 is 5.97 Å². The highest BCUT2D eigenvalue weighted by molar-refractivity contribution is 5.86. The summed E-state index contributed by atoms with van der Waals surface area (Å²) in [5, 5.41) is 49.4. The number of ether oxygens (including phenoxy) is 4. The van der Waals surface area contributed by atoms with Crippen LogP contribution in [-0.4, -0.2) is 76.4 Å². The summed E-state index contributed by atoms with van der Waals surface area (Å²) in [7, 11) is 2.93. The summed E-state index contributed by atoms with van der Waals surface area (Å²) in [6, 6.07) is 8.30. The lowest BCUT2D eigenvalue weighted by atomic mass is 9.99. The lowest BCUT2D eigenvalue weighted by Crippen LogP contribution is -2.61. The molecular formula is C23H22O12. The Labute approximate surface area is 197 Å². The molecule has 0 spiro atoms. The van der Waals surface area contributed by atoms with Crippen molar-refractivity contribution in [3.63, 3.8) is 0 Å². The molecule has 1 saturated heterocycles. The molecular weight excluding hydrogens is 468 g/mol. The second-order valence-corrected chi connectivity index (χ2v) is 7.71. The molecule has 1 aromatic heterocycles. The molecule has 2 aromatic carbocycles. The van der Waals surface area contributed by atoms with E-state index in [0.717, 1.165) is 6.07 Å². The van der Waals surface area contributed by atoms with Gasteiger partial charge in [0.25, 0.3) is 0 Å². The number of aromatic hydroxyl groups is 1. The molecule has 12 heteroatoms. The summed E-state index contributed by atoms with van der Waals surface area (Å²) in [6.07, 6.45) is -9.18. The van der Waals surface area contributed by atoms with Crippen molar-refractivity contribution in [3.05, 3.63) is 46.6 Å². The predicted octanol–water partition coefficient (Wildman–Crippen LogP) is 0.454. The first kappa shape index (κ1) is 24.3. The number of fused-ring (bicyclic) bond motifs is 1. The van der Waals surface area contributed by atoms with Crippen molar-refractivity contribution in [1.82, 2.24) is 0 Å². The van der Waals surface area contributed by atoms with E-state index < -0.39 is 47.9 Å². The van der Waals surface area contributed by atoms with Gasteiger partial charge in [0.05, 0.1) is 14.2 Å². The number of hydrogen-bond acceptors (Lipinski definition) is 11. The van der Waals surface area contributed by atoms with Crippen molar-refractivity contribution in [3.8, 4) is 34.3 Å². The lowest BCUT2D eigenvalue weighted by molar-refractivity contribution is -0.271. The highest BCUT2D eigenvalue weighted by atomic mass is 16.7. The zero-order valence-corrected chi connectivity index (χ0v) is 18.4. The molecule has 35 heavy (non-hydrogen) atoms. The number of hydrogen-bond donors (Lipinski definition) is 5. The van der Waals surface area contributed by atoms with Gasteiger partial charge in [0.1, 0.15) is 46.5 Å². The zero-order valence-electron chi connectivity index (χ0n) is 18.4. The Morgan fingerprint density at radius 1 is 0.943 bits per heavy atom. The van der Waals surface area contributed by atoms with Gasteiger partial charge in [-0.1, -0.05) is 0 Å². The average Bonchev–Trinajstić information content (AvgIpc) is 2.83. The summed E-state index contributed by atoms with van der Waals surface area (Å²) in [5.41, 5.74) is -0.170. The van der Waals surface area contributed by atoms with E-state index >= 15 is 0 Å². The van der Waals surface area contributed by atoms with Crippen molar-refractivity contribution < 1.29 is 53.7 Å². The van der Waals surface area contributed by atoms with Crippen molar-refractivity contribution in [1.29, 1.82) is 0 Å². The van der Waals surface area contributed by atoms with Crippen LogP contribution in [0.25, 0.3) is 22.3 Å². The minimum absolute atomic E-state index is 0.0852. The number of methoxy groups -OCH3 is 2. The molecule has 0 bridgehead atoms. The molecule has 3 aromatic rings. The summed E-state index contributed by atoms with van der Waals surface area (Å²) in [4.78, 5) is 24.0. The second kappa shape index (κ2) is 9.43. The fourth-order valence-corrected chi connectivity index (χ4v) is 3.73. The van der Waals surface area contributed by atoms with Crippen LogP contribution < -0.4 is 19.6 Å². The SMILES string of the molecule is COc1ccc(-c2cc(=O)c3c(O)cc(O[C@@H]4O[C@H](C(=O)O)[C@@H](O)[C@H](O)[C@H]4O)cc3o2)cc1OC. The van der Waals surface area contributed by atoms with Gasteiger partial charge in [0.2, 0.25) is 6.29 Å². The van der Waals surface area contributed by atoms with E-state index in [2.05, 4.69) is 0 Å². The van der Waals surface area contributed by atoms with E-state index in [1.807, 2.05) is 0 Å². The van der Waals surface area contributed by atoms with Crippen LogP contribution in [0.3, 0.4) is 0 Å². The van der Waals surface area contributed by atoms with Crippen LogP contribution in [0.4, 0.5) is 0 Å². The van der Waals surface area contributed by atoms with Gasteiger partial charge in [-0.05, 0) is 18.2 Å². The first-order valence-corrected chi connectivity index (χ1v) is 10.3. The molecule has 1 aliphatic heterocycles. The standard InChI is InChI=1S/C23H22O12/c1-31-13-4-3-9(5-15(13)32-2)14-8-12(25)17-11(24)6-10(7-16(17)34-14)33-23-20(28)18(26)19(27)21(35-23)22(29)30/h3-8,18-21,23-24,26-28H,1-2H3,(H,29,30)/t18-,19-,20+,21-,23+/m0/s1. The van der Waals surface area contributed by atoms with Crippen molar-refractivity contribution in [2.75, 3.05) is 14.2 Å². The number of rotatable bonds is 6. The van der Waals surface area contributed by atoms with Gasteiger partial charge in [-0.25, -0.2) is 4.79 Å². The third-order valence-electron chi connectivity index (χ3n) is 5.52. The Morgan fingerprint density at radius 3 is 2.31 bits per heavy atom. The van der Waals surface area contributed by atoms with Gasteiger partial charge < -0.3 is 48.9 Å². The molecule has 186 valence electrons. The summed E-state index contributed by atoms with van der Waals surface area (Å²) < 4.78 is 26.8. The first-order chi connectivity index (χ1) is 16.6. The van der Waals surface area contributed by atoms with E-state index in [1.54, 1.807) is 18.2 Å². The number of benzene rings is 2. The number of carbonyl (C=O) groups is 1. The molecule has 0 amide bonds. The molecule has 1 fully saturated rings. The second-order valence-electron chi connectivity index (χ2n) is 7.71. The summed E-state index contributed by atoms with van der Waals surface area (Å²) in [5.74, 6) is -1.26. The number of aliphatic hydroxyl groups is 3. The summed E-state index contributed by atoms with van der Waals surface area (Å²) >= 11 is 0. The van der Waals surface area contributed by atoms with Gasteiger partial charge in [-0.3, -0.25) is 4.79 Å². The van der Waals surface area contributed by atoms with Crippen LogP contribution in [0, 0.1) is 0 Å². The molecule has 12 nitrogen and oxygen atoms in total. The van der Waals surface area contributed by atoms with Crippen molar-refractivity contribution in [2.24, 2.45) is 0 Å². The third kappa shape index (κ3) is 4.47. The third-order valence-corrected chi connectivity index (χ3v) is 5.52. The molecule has 5 atom stereocenters.